The van der Waals surface area contributed by atoms with E-state index in [1.165, 1.54) is 6.92 Å². The van der Waals surface area contributed by atoms with E-state index in [1.807, 2.05) is 5.32 Å². The number of hydrogen-bond acceptors (Lipinski definition) is 3. The summed E-state index contributed by atoms with van der Waals surface area (Å²) in [6, 6.07) is 6.55. The Morgan fingerprint density at radius 3 is 2.58 bits per heavy atom. The van der Waals surface area contributed by atoms with Crippen LogP contribution in [0.4, 0.5) is 18.9 Å². The first kappa shape index (κ1) is 15.5. The van der Waals surface area contributed by atoms with Crippen molar-refractivity contribution in [2.24, 2.45) is 0 Å². The van der Waals surface area contributed by atoms with Crippen LogP contribution in [0.5, 0.6) is 0 Å². The molecule has 0 heterocycles. The average Bonchev–Trinajstić information content (AvgIpc) is 2.27. The first-order valence-corrected chi connectivity index (χ1v) is 5.64. The van der Waals surface area contributed by atoms with Crippen molar-refractivity contribution in [3.8, 4) is 0 Å². The van der Waals surface area contributed by atoms with Gasteiger partial charge in [0.05, 0.1) is 19.2 Å². The lowest BCUT2D eigenvalue weighted by atomic mass is 10.1. The third kappa shape index (κ3) is 5.71. The monoisotopic (exact) mass is 276 g/mol. The fourth-order valence-electron chi connectivity index (χ4n) is 1.49. The van der Waals surface area contributed by atoms with Gasteiger partial charge in [-0.1, -0.05) is 18.2 Å². The van der Waals surface area contributed by atoms with Crippen molar-refractivity contribution >= 4 is 11.6 Å². The largest absolute Gasteiger partial charge is 0.401 e. The van der Waals surface area contributed by atoms with Crippen molar-refractivity contribution < 1.29 is 23.1 Å². The molecule has 4 nitrogen and oxygen atoms in total. The van der Waals surface area contributed by atoms with Crippen molar-refractivity contribution in [3.05, 3.63) is 29.8 Å². The maximum Gasteiger partial charge on any atom is 0.401 e. The molecule has 3 N–H and O–H groups in total. The van der Waals surface area contributed by atoms with Crippen molar-refractivity contribution in [2.75, 3.05) is 18.4 Å². The molecular formula is C12H15F3N2O2. The second-order valence-corrected chi connectivity index (χ2v) is 4.03. The van der Waals surface area contributed by atoms with Crippen LogP contribution in [-0.2, 0) is 4.79 Å². The minimum absolute atomic E-state index is 0.385. The molecule has 0 aromatic heterocycles. The van der Waals surface area contributed by atoms with Crippen LogP contribution < -0.4 is 10.6 Å². The number of benzene rings is 1. The number of anilines is 1. The third-order valence-corrected chi connectivity index (χ3v) is 2.30. The minimum atomic E-state index is -4.35. The SMILES string of the molecule is CC(O)c1ccccc1NC(=O)CNCC(F)(F)F. The van der Waals surface area contributed by atoms with E-state index < -0.39 is 31.3 Å². The number of aliphatic hydroxyl groups is 1. The van der Waals surface area contributed by atoms with Crippen LogP contribution in [0, 0.1) is 0 Å². The summed E-state index contributed by atoms with van der Waals surface area (Å²) in [7, 11) is 0. The Balaban J connectivity index is 2.53. The molecule has 0 aliphatic rings. The van der Waals surface area contributed by atoms with Gasteiger partial charge in [-0.05, 0) is 13.0 Å². The predicted octanol–water partition coefficient (Wildman–Crippen LogP) is 1.83. The van der Waals surface area contributed by atoms with E-state index in [9.17, 15) is 23.1 Å². The van der Waals surface area contributed by atoms with Crippen LogP contribution in [0.3, 0.4) is 0 Å². The molecular weight excluding hydrogens is 261 g/mol. The summed E-state index contributed by atoms with van der Waals surface area (Å²) in [6.45, 7) is -0.140. The Kier molecular flexibility index (Phi) is 5.31. The molecule has 0 fully saturated rings. The van der Waals surface area contributed by atoms with E-state index in [4.69, 9.17) is 0 Å². The molecule has 1 aromatic rings. The fourth-order valence-corrected chi connectivity index (χ4v) is 1.49. The highest BCUT2D eigenvalue weighted by atomic mass is 19.4. The van der Waals surface area contributed by atoms with Gasteiger partial charge < -0.3 is 15.7 Å². The van der Waals surface area contributed by atoms with Crippen molar-refractivity contribution in [2.45, 2.75) is 19.2 Å². The Bertz CT molecular complexity index is 433. The number of carbonyl (C=O) groups excluding carboxylic acids is 1. The topological polar surface area (TPSA) is 61.4 Å². The summed E-state index contributed by atoms with van der Waals surface area (Å²) in [4.78, 5) is 11.5. The molecule has 0 aliphatic carbocycles. The highest BCUT2D eigenvalue weighted by molar-refractivity contribution is 5.93. The first-order chi connectivity index (χ1) is 8.79. The van der Waals surface area contributed by atoms with E-state index in [-0.39, 0.29) is 0 Å². The molecule has 19 heavy (non-hydrogen) atoms. The van der Waals surface area contributed by atoms with Gasteiger partial charge in [-0.25, -0.2) is 0 Å². The van der Waals surface area contributed by atoms with Gasteiger partial charge in [-0.3, -0.25) is 4.79 Å². The molecule has 0 spiro atoms. The first-order valence-electron chi connectivity index (χ1n) is 5.64. The number of rotatable bonds is 5. The van der Waals surface area contributed by atoms with Crippen LogP contribution in [0.25, 0.3) is 0 Å². The van der Waals surface area contributed by atoms with E-state index in [0.717, 1.165) is 0 Å². The van der Waals surface area contributed by atoms with E-state index in [2.05, 4.69) is 5.32 Å². The molecule has 1 aromatic carbocycles. The van der Waals surface area contributed by atoms with Gasteiger partial charge in [-0.15, -0.1) is 0 Å². The predicted molar refractivity (Wildman–Crippen MR) is 64.6 cm³/mol. The fraction of sp³-hybridized carbons (Fsp3) is 0.417. The molecule has 0 saturated carbocycles. The maximum atomic E-state index is 11.9. The van der Waals surface area contributed by atoms with Gasteiger partial charge in [0.25, 0.3) is 0 Å². The Hall–Kier alpha value is -1.60. The molecule has 0 radical (unpaired) electrons. The Morgan fingerprint density at radius 2 is 2.00 bits per heavy atom. The number of para-hydroxylation sites is 1. The highest BCUT2D eigenvalue weighted by Crippen LogP contribution is 2.21. The second-order valence-electron chi connectivity index (χ2n) is 4.03. The third-order valence-electron chi connectivity index (χ3n) is 2.30. The van der Waals surface area contributed by atoms with Gasteiger partial charge in [-0.2, -0.15) is 13.2 Å². The Labute approximate surface area is 108 Å². The van der Waals surface area contributed by atoms with Crippen LogP contribution in [-0.4, -0.2) is 30.3 Å². The van der Waals surface area contributed by atoms with Crippen molar-refractivity contribution in [1.29, 1.82) is 0 Å². The standard InChI is InChI=1S/C12H15F3N2O2/c1-8(18)9-4-2-3-5-10(9)17-11(19)6-16-7-12(13,14)15/h2-5,8,16,18H,6-7H2,1H3,(H,17,19). The lowest BCUT2D eigenvalue weighted by molar-refractivity contribution is -0.126. The molecule has 0 bridgehead atoms. The normalized spacial score (nSPS) is 13.1. The van der Waals surface area contributed by atoms with E-state index in [0.29, 0.717) is 11.3 Å². The molecule has 1 atom stereocenters. The molecule has 1 amide bonds. The van der Waals surface area contributed by atoms with Gasteiger partial charge in [0, 0.05) is 11.3 Å². The summed E-state index contributed by atoms with van der Waals surface area (Å²) in [6.07, 6.45) is -5.13. The van der Waals surface area contributed by atoms with E-state index in [1.54, 1.807) is 24.3 Å². The summed E-state index contributed by atoms with van der Waals surface area (Å²) in [5.74, 6) is -0.600. The lowest BCUT2D eigenvalue weighted by Gasteiger charge is -2.13. The quantitative estimate of drug-likeness (QED) is 0.769. The lowest BCUT2D eigenvalue weighted by Crippen LogP contribution is -2.35. The summed E-state index contributed by atoms with van der Waals surface area (Å²) >= 11 is 0. The molecule has 0 saturated heterocycles. The number of carbonyl (C=O) groups is 1. The highest BCUT2D eigenvalue weighted by Gasteiger charge is 2.26. The van der Waals surface area contributed by atoms with E-state index >= 15 is 0 Å². The second kappa shape index (κ2) is 6.53. The zero-order valence-corrected chi connectivity index (χ0v) is 10.3. The van der Waals surface area contributed by atoms with Crippen LogP contribution in [0.1, 0.15) is 18.6 Å². The number of nitrogens with one attached hydrogen (secondary N) is 2. The van der Waals surface area contributed by atoms with Gasteiger partial charge in [0.2, 0.25) is 5.91 Å². The molecule has 1 unspecified atom stereocenters. The maximum absolute atomic E-state index is 11.9. The number of aliphatic hydroxyl groups excluding tert-OH is 1. The minimum Gasteiger partial charge on any atom is -0.389 e. The van der Waals surface area contributed by atoms with Crippen LogP contribution in [0.2, 0.25) is 0 Å². The molecule has 7 heteroatoms. The molecule has 1 rings (SSSR count). The van der Waals surface area contributed by atoms with Crippen LogP contribution in [0.15, 0.2) is 24.3 Å². The number of amides is 1. The van der Waals surface area contributed by atoms with Crippen molar-refractivity contribution in [3.63, 3.8) is 0 Å². The number of hydrogen-bond donors (Lipinski definition) is 3. The van der Waals surface area contributed by atoms with Crippen LogP contribution >= 0.6 is 0 Å². The zero-order valence-electron chi connectivity index (χ0n) is 10.3. The smallest absolute Gasteiger partial charge is 0.389 e. The van der Waals surface area contributed by atoms with Crippen molar-refractivity contribution in [1.82, 2.24) is 5.32 Å². The van der Waals surface area contributed by atoms with Gasteiger partial charge in [0.15, 0.2) is 0 Å². The summed E-state index contributed by atoms with van der Waals surface area (Å²) < 4.78 is 35.6. The average molecular weight is 276 g/mol. The molecule has 106 valence electrons. The van der Waals surface area contributed by atoms with Gasteiger partial charge >= 0.3 is 6.18 Å². The Morgan fingerprint density at radius 1 is 1.37 bits per heavy atom. The van der Waals surface area contributed by atoms with Gasteiger partial charge in [0.1, 0.15) is 0 Å². The number of halogens is 3. The number of alkyl halides is 3. The molecule has 0 aliphatic heterocycles. The summed E-state index contributed by atoms with van der Waals surface area (Å²) in [5.41, 5.74) is 0.892. The zero-order chi connectivity index (χ0) is 14.5. The summed E-state index contributed by atoms with van der Waals surface area (Å²) in [5, 5.41) is 13.9.